The summed E-state index contributed by atoms with van der Waals surface area (Å²) >= 11 is 0. The van der Waals surface area contributed by atoms with E-state index in [0.29, 0.717) is 12.8 Å². The molecule has 0 aliphatic carbocycles. The van der Waals surface area contributed by atoms with Crippen molar-refractivity contribution in [3.05, 3.63) is 12.2 Å². The van der Waals surface area contributed by atoms with Gasteiger partial charge in [-0.15, -0.1) is 0 Å². The molecule has 0 rings (SSSR count). The van der Waals surface area contributed by atoms with Gasteiger partial charge in [-0.1, -0.05) is 20.4 Å². The zero-order valence-corrected chi connectivity index (χ0v) is 18.0. The number of nitrogens with one attached hydrogen (secondary N) is 4. The fourth-order valence-electron chi connectivity index (χ4n) is 1.79. The molecule has 0 aromatic carbocycles. The van der Waals surface area contributed by atoms with E-state index in [1.807, 2.05) is 0 Å². The van der Waals surface area contributed by atoms with Crippen LogP contribution in [0, 0.1) is 0 Å². The Morgan fingerprint density at radius 2 is 1.16 bits per heavy atom. The first-order valence-corrected chi connectivity index (χ1v) is 9.72. The normalized spacial score (nSPS) is 9.94. The van der Waals surface area contributed by atoms with Crippen LogP contribution in [0.5, 0.6) is 0 Å². The predicted octanol–water partition coefficient (Wildman–Crippen LogP) is -1.70. The quantitative estimate of drug-likeness (QED) is 0.140. The lowest BCUT2D eigenvalue weighted by molar-refractivity contribution is -0.160. The Bertz CT molecular complexity index is 672. The van der Waals surface area contributed by atoms with Crippen molar-refractivity contribution in [2.45, 2.75) is 39.7 Å². The zero-order valence-electron chi connectivity index (χ0n) is 18.0. The molecule has 0 bridgehead atoms. The Hall–Kier alpha value is -3.44. The van der Waals surface area contributed by atoms with Gasteiger partial charge in [-0.25, -0.2) is 9.59 Å². The molecule has 12 nitrogen and oxygen atoms in total. The van der Waals surface area contributed by atoms with Crippen molar-refractivity contribution in [3.8, 4) is 0 Å². The zero-order chi connectivity index (χ0) is 23.8. The van der Waals surface area contributed by atoms with Gasteiger partial charge in [0, 0.05) is 5.57 Å². The summed E-state index contributed by atoms with van der Waals surface area (Å²) in [5.74, 6) is -4.58. The highest BCUT2D eigenvalue weighted by molar-refractivity contribution is 6.03. The highest BCUT2D eigenvalue weighted by Crippen LogP contribution is 1.97. The van der Waals surface area contributed by atoms with E-state index in [1.165, 1.54) is 6.92 Å². The van der Waals surface area contributed by atoms with E-state index in [-0.39, 0.29) is 25.3 Å². The summed E-state index contributed by atoms with van der Waals surface area (Å²) in [7, 11) is 0. The highest BCUT2D eigenvalue weighted by Gasteiger charge is 2.31. The summed E-state index contributed by atoms with van der Waals surface area (Å²) in [6.45, 7) is 7.20. The first-order valence-electron chi connectivity index (χ1n) is 9.72. The van der Waals surface area contributed by atoms with Crippen molar-refractivity contribution in [3.63, 3.8) is 0 Å². The predicted molar refractivity (Wildman–Crippen MR) is 108 cm³/mol. The van der Waals surface area contributed by atoms with Gasteiger partial charge in [0.2, 0.25) is 29.7 Å². The lowest BCUT2D eigenvalue weighted by Gasteiger charge is -2.16. The maximum absolute atomic E-state index is 12.0. The molecule has 0 heterocycles. The van der Waals surface area contributed by atoms with Crippen LogP contribution in [0.4, 0.5) is 0 Å². The number of rotatable bonds is 14. The van der Waals surface area contributed by atoms with Gasteiger partial charge in [0.15, 0.2) is 0 Å². The number of esters is 2. The molecule has 0 unspecified atom stereocenters. The van der Waals surface area contributed by atoms with Crippen LogP contribution in [-0.2, 0) is 38.2 Å². The smallest absolute Gasteiger partial charge is 0.340 e. The van der Waals surface area contributed by atoms with E-state index < -0.39 is 54.7 Å². The van der Waals surface area contributed by atoms with E-state index in [9.17, 15) is 28.8 Å². The number of carbonyl (C=O) groups excluding carboxylic acids is 6. The number of carbonyl (C=O) groups is 6. The van der Waals surface area contributed by atoms with Crippen LogP contribution in [0.15, 0.2) is 12.2 Å². The molecule has 4 N–H and O–H groups in total. The Labute approximate surface area is 180 Å². The van der Waals surface area contributed by atoms with Crippen molar-refractivity contribution in [2.75, 3.05) is 32.8 Å². The Morgan fingerprint density at radius 3 is 1.58 bits per heavy atom. The van der Waals surface area contributed by atoms with Gasteiger partial charge in [-0.05, 0) is 19.8 Å². The second-order valence-electron chi connectivity index (χ2n) is 6.35. The molecule has 4 amide bonds. The molecule has 0 aliphatic rings. The summed E-state index contributed by atoms with van der Waals surface area (Å²) < 4.78 is 9.75. The van der Waals surface area contributed by atoms with Crippen LogP contribution < -0.4 is 21.3 Å². The molecule has 0 spiro atoms. The molecule has 0 aliphatic heterocycles. The van der Waals surface area contributed by atoms with Crippen molar-refractivity contribution in [1.82, 2.24) is 21.3 Å². The molecule has 0 radical (unpaired) electrons. The molecule has 0 atom stereocenters. The standard InChI is InChI=1S/C19H30N4O8/c1-5-7-30-18(28)16(19(29)31-8-6-2)23-15(26)11-21-13(24)9-20-14(25)10-22-17(27)12(3)4/h16H,3,5-11H2,1-2,4H3,(H,20,25)(H,21,24)(H,22,27)(H,23,26). The molecule has 12 heteroatoms. The number of hydrogen-bond donors (Lipinski definition) is 4. The third-order valence-electron chi connectivity index (χ3n) is 3.36. The molecule has 0 aromatic heterocycles. The molecule has 174 valence electrons. The third kappa shape index (κ3) is 12.7. The monoisotopic (exact) mass is 442 g/mol. The van der Waals surface area contributed by atoms with Gasteiger partial charge in [-0.3, -0.25) is 19.2 Å². The summed E-state index contributed by atoms with van der Waals surface area (Å²) in [4.78, 5) is 70.6. The lowest BCUT2D eigenvalue weighted by atomic mass is 10.3. The van der Waals surface area contributed by atoms with E-state index in [2.05, 4.69) is 27.8 Å². The number of hydrogen-bond acceptors (Lipinski definition) is 8. The Kier molecular flexibility index (Phi) is 13.7. The molecule has 0 saturated carbocycles. The SMILES string of the molecule is C=C(C)C(=O)NCC(=O)NCC(=O)NCC(=O)NC(C(=O)OCCC)C(=O)OCCC. The number of ether oxygens (including phenoxy) is 2. The summed E-state index contributed by atoms with van der Waals surface area (Å²) in [5, 5.41) is 8.91. The van der Waals surface area contributed by atoms with Gasteiger partial charge in [0.25, 0.3) is 0 Å². The first kappa shape index (κ1) is 27.6. The topological polar surface area (TPSA) is 169 Å². The first-order chi connectivity index (χ1) is 14.6. The van der Waals surface area contributed by atoms with Crippen LogP contribution in [0.25, 0.3) is 0 Å². The molecule has 0 aromatic rings. The molecular weight excluding hydrogens is 412 g/mol. The van der Waals surface area contributed by atoms with Gasteiger partial charge >= 0.3 is 11.9 Å². The Balaban J connectivity index is 4.48. The molecule has 0 fully saturated rings. The fraction of sp³-hybridized carbons (Fsp3) is 0.579. The molecule has 31 heavy (non-hydrogen) atoms. The maximum Gasteiger partial charge on any atom is 0.340 e. The summed E-state index contributed by atoms with van der Waals surface area (Å²) in [5.41, 5.74) is 0.229. The van der Waals surface area contributed by atoms with Gasteiger partial charge < -0.3 is 30.7 Å². The van der Waals surface area contributed by atoms with Crippen molar-refractivity contribution < 1.29 is 38.2 Å². The van der Waals surface area contributed by atoms with Crippen molar-refractivity contribution >= 4 is 35.6 Å². The average molecular weight is 442 g/mol. The van der Waals surface area contributed by atoms with E-state index in [4.69, 9.17) is 9.47 Å². The van der Waals surface area contributed by atoms with Gasteiger partial charge in [-0.2, -0.15) is 0 Å². The third-order valence-corrected chi connectivity index (χ3v) is 3.36. The van der Waals surface area contributed by atoms with Crippen molar-refractivity contribution in [1.29, 1.82) is 0 Å². The van der Waals surface area contributed by atoms with Crippen LogP contribution in [0.3, 0.4) is 0 Å². The van der Waals surface area contributed by atoms with E-state index in [0.717, 1.165) is 0 Å². The second kappa shape index (κ2) is 15.4. The summed E-state index contributed by atoms with van der Waals surface area (Å²) in [6.07, 6.45) is 1.05. The molecule has 0 saturated heterocycles. The average Bonchev–Trinajstić information content (AvgIpc) is 2.74. The fourth-order valence-corrected chi connectivity index (χ4v) is 1.79. The largest absolute Gasteiger partial charge is 0.464 e. The summed E-state index contributed by atoms with van der Waals surface area (Å²) in [6, 6.07) is -1.65. The van der Waals surface area contributed by atoms with Crippen molar-refractivity contribution in [2.24, 2.45) is 0 Å². The molecular formula is C19H30N4O8. The Morgan fingerprint density at radius 1 is 0.742 bits per heavy atom. The minimum absolute atomic E-state index is 0.0650. The van der Waals surface area contributed by atoms with Gasteiger partial charge in [0.1, 0.15) is 0 Å². The van der Waals surface area contributed by atoms with Crippen LogP contribution in [-0.4, -0.2) is 74.5 Å². The van der Waals surface area contributed by atoms with E-state index in [1.54, 1.807) is 13.8 Å². The highest BCUT2D eigenvalue weighted by atomic mass is 16.6. The van der Waals surface area contributed by atoms with E-state index >= 15 is 0 Å². The maximum atomic E-state index is 12.0. The lowest BCUT2D eigenvalue weighted by Crippen LogP contribution is -2.51. The minimum Gasteiger partial charge on any atom is -0.464 e. The van der Waals surface area contributed by atoms with Crippen LogP contribution in [0.1, 0.15) is 33.6 Å². The van der Waals surface area contributed by atoms with Gasteiger partial charge in [0.05, 0.1) is 32.8 Å². The number of amides is 4. The minimum atomic E-state index is -1.65. The second-order valence-corrected chi connectivity index (χ2v) is 6.35. The van der Waals surface area contributed by atoms with Crippen LogP contribution >= 0.6 is 0 Å². The van der Waals surface area contributed by atoms with Crippen LogP contribution in [0.2, 0.25) is 0 Å².